The molecule has 2 aromatic carbocycles. The van der Waals surface area contributed by atoms with Gasteiger partial charge in [0.05, 0.1) is 0 Å². The largest absolute Gasteiger partial charge is 0.489 e. The Balaban J connectivity index is 1.91. The van der Waals surface area contributed by atoms with Gasteiger partial charge in [-0.25, -0.2) is 8.78 Å². The van der Waals surface area contributed by atoms with Crippen LogP contribution >= 0.6 is 0 Å². The van der Waals surface area contributed by atoms with E-state index in [0.29, 0.717) is 17.9 Å². The summed E-state index contributed by atoms with van der Waals surface area (Å²) in [5.74, 6) is 0.696. The molecule has 106 valence electrons. The molecule has 4 heteroatoms. The number of hydrogen-bond acceptors (Lipinski definition) is 2. The summed E-state index contributed by atoms with van der Waals surface area (Å²) in [5.41, 5.74) is 7.46. The van der Waals surface area contributed by atoms with E-state index in [1.54, 1.807) is 24.3 Å². The summed E-state index contributed by atoms with van der Waals surface area (Å²) in [5, 5.41) is 0. The minimum atomic E-state index is -2.39. The van der Waals surface area contributed by atoms with Crippen LogP contribution in [-0.2, 0) is 6.61 Å². The van der Waals surface area contributed by atoms with Crippen LogP contribution in [0.25, 0.3) is 0 Å². The number of benzene rings is 2. The highest BCUT2D eigenvalue weighted by Crippen LogP contribution is 2.21. The lowest BCUT2D eigenvalue weighted by atomic mass is 10.1. The predicted octanol–water partition coefficient (Wildman–Crippen LogP) is 3.92. The van der Waals surface area contributed by atoms with E-state index in [-0.39, 0.29) is 6.42 Å². The minimum absolute atomic E-state index is 0.329. The second kappa shape index (κ2) is 7.01. The van der Waals surface area contributed by atoms with Crippen molar-refractivity contribution in [2.75, 3.05) is 0 Å². The molecule has 0 aliphatic carbocycles. The maximum absolute atomic E-state index is 12.3. The van der Waals surface area contributed by atoms with E-state index >= 15 is 0 Å². The van der Waals surface area contributed by atoms with Crippen molar-refractivity contribution in [2.45, 2.75) is 25.5 Å². The van der Waals surface area contributed by atoms with Crippen molar-refractivity contribution in [3.63, 3.8) is 0 Å². The van der Waals surface area contributed by atoms with Crippen LogP contribution in [0.3, 0.4) is 0 Å². The van der Waals surface area contributed by atoms with Gasteiger partial charge in [0.15, 0.2) is 0 Å². The third kappa shape index (κ3) is 4.31. The SMILES string of the molecule is N[C@H](CC(F)F)c1ccc(OCc2ccccc2)cc1. The zero-order valence-electron chi connectivity index (χ0n) is 11.0. The zero-order valence-corrected chi connectivity index (χ0v) is 11.0. The van der Waals surface area contributed by atoms with Crippen molar-refractivity contribution in [1.29, 1.82) is 0 Å². The lowest BCUT2D eigenvalue weighted by Gasteiger charge is -2.12. The summed E-state index contributed by atoms with van der Waals surface area (Å²) in [6.07, 6.45) is -2.72. The molecule has 0 spiro atoms. The fourth-order valence-electron chi connectivity index (χ4n) is 1.88. The van der Waals surface area contributed by atoms with Gasteiger partial charge in [0.1, 0.15) is 12.4 Å². The highest BCUT2D eigenvalue weighted by Gasteiger charge is 2.12. The standard InChI is InChI=1S/C16H17F2NO/c17-16(18)10-15(19)13-6-8-14(9-7-13)20-11-12-4-2-1-3-5-12/h1-9,15-16H,10-11,19H2/t15-/m1/s1. The molecule has 0 saturated heterocycles. The lowest BCUT2D eigenvalue weighted by molar-refractivity contribution is 0.128. The first-order valence-corrected chi connectivity index (χ1v) is 6.45. The highest BCUT2D eigenvalue weighted by molar-refractivity contribution is 5.29. The van der Waals surface area contributed by atoms with Gasteiger partial charge in [-0.15, -0.1) is 0 Å². The van der Waals surface area contributed by atoms with Crippen LogP contribution < -0.4 is 10.5 Å². The van der Waals surface area contributed by atoms with Crippen molar-refractivity contribution in [3.8, 4) is 5.75 Å². The van der Waals surface area contributed by atoms with E-state index in [1.165, 1.54) is 0 Å². The van der Waals surface area contributed by atoms with E-state index in [9.17, 15) is 8.78 Å². The molecule has 0 saturated carbocycles. The van der Waals surface area contributed by atoms with Gasteiger partial charge >= 0.3 is 0 Å². The first-order chi connectivity index (χ1) is 9.65. The first kappa shape index (κ1) is 14.5. The van der Waals surface area contributed by atoms with Gasteiger partial charge in [-0.3, -0.25) is 0 Å². The van der Waals surface area contributed by atoms with Gasteiger partial charge in [-0.05, 0) is 23.3 Å². The van der Waals surface area contributed by atoms with Crippen LogP contribution in [0.2, 0.25) is 0 Å². The van der Waals surface area contributed by atoms with Crippen molar-refractivity contribution in [1.82, 2.24) is 0 Å². The molecule has 1 atom stereocenters. The lowest BCUT2D eigenvalue weighted by Crippen LogP contribution is -2.13. The average molecular weight is 277 g/mol. The summed E-state index contributed by atoms with van der Waals surface area (Å²) in [7, 11) is 0. The quantitative estimate of drug-likeness (QED) is 0.868. The number of nitrogens with two attached hydrogens (primary N) is 1. The third-order valence-electron chi connectivity index (χ3n) is 2.99. The number of hydrogen-bond donors (Lipinski definition) is 1. The van der Waals surface area contributed by atoms with Crippen molar-refractivity contribution in [3.05, 3.63) is 65.7 Å². The Kier molecular flexibility index (Phi) is 5.07. The Morgan fingerprint density at radius 1 is 0.950 bits per heavy atom. The Bertz CT molecular complexity index is 514. The molecular formula is C16H17F2NO. The highest BCUT2D eigenvalue weighted by atomic mass is 19.3. The van der Waals surface area contributed by atoms with Gasteiger partial charge in [-0.2, -0.15) is 0 Å². The van der Waals surface area contributed by atoms with Gasteiger partial charge in [0, 0.05) is 12.5 Å². The maximum atomic E-state index is 12.3. The fourth-order valence-corrected chi connectivity index (χ4v) is 1.88. The molecular weight excluding hydrogens is 260 g/mol. The number of ether oxygens (including phenoxy) is 1. The Morgan fingerprint density at radius 2 is 1.60 bits per heavy atom. The summed E-state index contributed by atoms with van der Waals surface area (Å²) >= 11 is 0. The second-order valence-electron chi connectivity index (χ2n) is 4.58. The summed E-state index contributed by atoms with van der Waals surface area (Å²) < 4.78 is 30.1. The van der Waals surface area contributed by atoms with Crippen LogP contribution in [0.5, 0.6) is 5.75 Å². The normalized spacial score (nSPS) is 12.4. The van der Waals surface area contributed by atoms with Gasteiger partial charge in [0.2, 0.25) is 6.43 Å². The molecule has 20 heavy (non-hydrogen) atoms. The van der Waals surface area contributed by atoms with Crippen LogP contribution in [0.4, 0.5) is 8.78 Å². The maximum Gasteiger partial charge on any atom is 0.240 e. The molecule has 0 radical (unpaired) electrons. The minimum Gasteiger partial charge on any atom is -0.489 e. The van der Waals surface area contributed by atoms with Gasteiger partial charge in [0.25, 0.3) is 0 Å². The Morgan fingerprint density at radius 3 is 2.20 bits per heavy atom. The molecule has 0 unspecified atom stereocenters. The number of rotatable bonds is 6. The topological polar surface area (TPSA) is 35.2 Å². The van der Waals surface area contributed by atoms with Crippen molar-refractivity contribution in [2.24, 2.45) is 5.73 Å². The number of halogens is 2. The summed E-state index contributed by atoms with van der Waals surface area (Å²) in [6.45, 7) is 0.475. The molecule has 0 fully saturated rings. The molecule has 2 nitrogen and oxygen atoms in total. The van der Waals surface area contributed by atoms with Gasteiger partial charge < -0.3 is 10.5 Å². The smallest absolute Gasteiger partial charge is 0.240 e. The van der Waals surface area contributed by atoms with Crippen LogP contribution in [-0.4, -0.2) is 6.43 Å². The fraction of sp³-hybridized carbons (Fsp3) is 0.250. The van der Waals surface area contributed by atoms with E-state index in [2.05, 4.69) is 0 Å². The third-order valence-corrected chi connectivity index (χ3v) is 2.99. The number of alkyl halides is 2. The molecule has 2 rings (SSSR count). The molecule has 0 bridgehead atoms. The summed E-state index contributed by atoms with van der Waals surface area (Å²) in [4.78, 5) is 0. The van der Waals surface area contributed by atoms with Crippen LogP contribution in [0.1, 0.15) is 23.6 Å². The second-order valence-corrected chi connectivity index (χ2v) is 4.58. The molecule has 0 aliphatic heterocycles. The van der Waals surface area contributed by atoms with Crippen molar-refractivity contribution >= 4 is 0 Å². The van der Waals surface area contributed by atoms with Crippen LogP contribution in [0.15, 0.2) is 54.6 Å². The monoisotopic (exact) mass is 277 g/mol. The van der Waals surface area contributed by atoms with E-state index in [0.717, 1.165) is 5.56 Å². The molecule has 0 heterocycles. The van der Waals surface area contributed by atoms with Crippen molar-refractivity contribution < 1.29 is 13.5 Å². The van der Waals surface area contributed by atoms with Crippen LogP contribution in [0, 0.1) is 0 Å². The molecule has 2 N–H and O–H groups in total. The molecule has 2 aromatic rings. The van der Waals surface area contributed by atoms with E-state index in [1.807, 2.05) is 30.3 Å². The average Bonchev–Trinajstić information content (AvgIpc) is 2.46. The Labute approximate surface area is 117 Å². The van der Waals surface area contributed by atoms with E-state index in [4.69, 9.17) is 10.5 Å². The molecule has 0 amide bonds. The molecule has 0 aromatic heterocycles. The predicted molar refractivity (Wildman–Crippen MR) is 74.8 cm³/mol. The molecule has 0 aliphatic rings. The zero-order chi connectivity index (χ0) is 14.4. The summed E-state index contributed by atoms with van der Waals surface area (Å²) in [6, 6.07) is 16.1. The van der Waals surface area contributed by atoms with Gasteiger partial charge in [-0.1, -0.05) is 42.5 Å². The first-order valence-electron chi connectivity index (χ1n) is 6.45. The Hall–Kier alpha value is -1.94. The van der Waals surface area contributed by atoms with E-state index < -0.39 is 12.5 Å².